The average molecular weight is 528 g/mol. The van der Waals surface area contributed by atoms with E-state index in [0.717, 1.165) is 22.4 Å². The first-order valence-corrected chi connectivity index (χ1v) is 12.7. The van der Waals surface area contributed by atoms with Gasteiger partial charge in [-0.25, -0.2) is 4.79 Å². The molecule has 8 nitrogen and oxygen atoms in total. The van der Waals surface area contributed by atoms with E-state index in [9.17, 15) is 14.4 Å². The predicted molar refractivity (Wildman–Crippen MR) is 151 cm³/mol. The maximum atomic E-state index is 12.7. The number of para-hydroxylation sites is 1. The second-order valence-electron chi connectivity index (χ2n) is 10.5. The Hall–Kier alpha value is -4.59. The Kier molecular flexibility index (Phi) is 8.04. The van der Waals surface area contributed by atoms with Crippen LogP contribution >= 0.6 is 0 Å². The summed E-state index contributed by atoms with van der Waals surface area (Å²) in [5.74, 6) is 0.931. The van der Waals surface area contributed by atoms with Crippen LogP contribution in [-0.4, -0.2) is 48.5 Å². The topological polar surface area (TPSA) is 97.0 Å². The number of alkyl carbamates (subject to hydrolysis) is 1. The van der Waals surface area contributed by atoms with Crippen molar-refractivity contribution in [1.29, 1.82) is 0 Å². The summed E-state index contributed by atoms with van der Waals surface area (Å²) in [6.45, 7) is 5.31. The van der Waals surface area contributed by atoms with Crippen molar-refractivity contribution < 1.29 is 23.9 Å². The highest BCUT2D eigenvalue weighted by atomic mass is 16.6. The fraction of sp³-hybridized carbons (Fsp3) is 0.258. The molecule has 2 N–H and O–H groups in total. The van der Waals surface area contributed by atoms with Crippen molar-refractivity contribution in [3.63, 3.8) is 0 Å². The third-order valence-corrected chi connectivity index (χ3v) is 5.93. The largest absolute Gasteiger partial charge is 0.457 e. The molecule has 1 aliphatic heterocycles. The van der Waals surface area contributed by atoms with E-state index in [1.807, 2.05) is 78.9 Å². The number of benzene rings is 3. The van der Waals surface area contributed by atoms with Crippen molar-refractivity contribution >= 4 is 35.2 Å². The molecule has 0 bridgehead atoms. The average Bonchev–Trinajstić information content (AvgIpc) is 3.19. The van der Waals surface area contributed by atoms with Crippen molar-refractivity contribution in [2.75, 3.05) is 19.4 Å². The second kappa shape index (κ2) is 11.4. The molecule has 1 atom stereocenters. The van der Waals surface area contributed by atoms with Crippen LogP contribution < -0.4 is 15.4 Å². The zero-order valence-corrected chi connectivity index (χ0v) is 22.8. The van der Waals surface area contributed by atoms with Gasteiger partial charge in [0.05, 0.1) is 0 Å². The molecule has 3 aromatic rings. The molecule has 0 radical (unpaired) electrons. The molecule has 1 aliphatic rings. The molecule has 202 valence electrons. The first kappa shape index (κ1) is 27.4. The first-order chi connectivity index (χ1) is 18.5. The summed E-state index contributed by atoms with van der Waals surface area (Å²) < 4.78 is 11.3. The highest BCUT2D eigenvalue weighted by Crippen LogP contribution is 2.33. The van der Waals surface area contributed by atoms with Gasteiger partial charge >= 0.3 is 6.09 Å². The molecule has 0 fully saturated rings. The lowest BCUT2D eigenvalue weighted by atomic mass is 10.0. The summed E-state index contributed by atoms with van der Waals surface area (Å²) in [7, 11) is 3.29. The zero-order chi connectivity index (χ0) is 28.2. The van der Waals surface area contributed by atoms with Gasteiger partial charge in [0.25, 0.3) is 5.91 Å². The molecule has 1 heterocycles. The number of amides is 3. The Morgan fingerprint density at radius 3 is 2.18 bits per heavy atom. The number of ether oxygens (including phenoxy) is 2. The molecule has 0 aromatic heterocycles. The lowest BCUT2D eigenvalue weighted by Gasteiger charge is -2.25. The highest BCUT2D eigenvalue weighted by Gasteiger charge is 2.26. The normalized spacial score (nSPS) is 14.3. The van der Waals surface area contributed by atoms with E-state index in [2.05, 4.69) is 10.6 Å². The van der Waals surface area contributed by atoms with E-state index >= 15 is 0 Å². The molecule has 0 aliphatic carbocycles. The van der Waals surface area contributed by atoms with E-state index in [1.54, 1.807) is 34.9 Å². The first-order valence-electron chi connectivity index (χ1n) is 12.7. The Bertz CT molecular complexity index is 1390. The monoisotopic (exact) mass is 527 g/mol. The Morgan fingerprint density at radius 1 is 0.949 bits per heavy atom. The van der Waals surface area contributed by atoms with Crippen LogP contribution in [0.1, 0.15) is 37.5 Å². The number of nitrogens with one attached hydrogen (secondary N) is 2. The summed E-state index contributed by atoms with van der Waals surface area (Å²) >= 11 is 0. The maximum Gasteiger partial charge on any atom is 0.408 e. The Balaban J connectivity index is 1.40. The van der Waals surface area contributed by atoms with Crippen LogP contribution in [0.15, 0.2) is 72.8 Å². The number of likely N-dealkylation sites (N-methyl/N-ethyl adjacent to an activating group) is 1. The van der Waals surface area contributed by atoms with Crippen LogP contribution in [0.2, 0.25) is 0 Å². The standard InChI is InChI=1S/C31H33N3O5/c1-31(2,3)39-30(37)33-27(29(36)34(4)5)19-21-12-16-23(17-13-21)38-22-14-10-20(11-15-22)18-25-24-8-6-7-9-26(24)32-28(25)35/h6-18,27H,19H2,1-5H3,(H,32,35)(H,33,37)/b25-18-. The molecule has 3 amide bonds. The molecule has 0 saturated carbocycles. The number of rotatable bonds is 7. The van der Waals surface area contributed by atoms with Crippen molar-refractivity contribution in [2.24, 2.45) is 0 Å². The SMILES string of the molecule is CN(C)C(=O)C(Cc1ccc(Oc2ccc(/C=C3\C(=O)Nc4ccccc43)cc2)cc1)NC(=O)OC(C)(C)C. The highest BCUT2D eigenvalue weighted by molar-refractivity contribution is 6.34. The van der Waals surface area contributed by atoms with Gasteiger partial charge in [-0.05, 0) is 68.3 Å². The molecule has 4 rings (SSSR count). The van der Waals surface area contributed by atoms with Crippen molar-refractivity contribution in [3.05, 3.63) is 89.5 Å². The molecule has 1 unspecified atom stereocenters. The van der Waals surface area contributed by atoms with Crippen molar-refractivity contribution in [2.45, 2.75) is 38.8 Å². The smallest absolute Gasteiger partial charge is 0.408 e. The molecule has 0 saturated heterocycles. The van der Waals surface area contributed by atoms with Gasteiger partial charge in [-0.2, -0.15) is 0 Å². The molecular formula is C31H33N3O5. The minimum atomic E-state index is -0.766. The minimum Gasteiger partial charge on any atom is -0.457 e. The van der Waals surface area contributed by atoms with Crippen LogP contribution in [-0.2, 0) is 20.7 Å². The van der Waals surface area contributed by atoms with Gasteiger partial charge in [-0.15, -0.1) is 0 Å². The number of hydrogen-bond donors (Lipinski definition) is 2. The second-order valence-corrected chi connectivity index (χ2v) is 10.5. The van der Waals surface area contributed by atoms with E-state index in [1.165, 1.54) is 4.90 Å². The number of nitrogens with zero attached hydrogens (tertiary/aromatic N) is 1. The van der Waals surface area contributed by atoms with Crippen LogP contribution in [0, 0.1) is 0 Å². The maximum absolute atomic E-state index is 12.7. The van der Waals surface area contributed by atoms with Gasteiger partial charge in [0.15, 0.2) is 0 Å². The summed E-state index contributed by atoms with van der Waals surface area (Å²) in [5.41, 5.74) is 3.40. The Morgan fingerprint density at radius 2 is 1.56 bits per heavy atom. The van der Waals surface area contributed by atoms with E-state index in [0.29, 0.717) is 23.5 Å². The quantitative estimate of drug-likeness (QED) is 0.396. The molecule has 0 spiro atoms. The third-order valence-electron chi connectivity index (χ3n) is 5.93. The fourth-order valence-electron chi connectivity index (χ4n) is 4.11. The predicted octanol–water partition coefficient (Wildman–Crippen LogP) is 5.50. The van der Waals surface area contributed by atoms with Gasteiger partial charge in [0, 0.05) is 37.3 Å². The van der Waals surface area contributed by atoms with Gasteiger partial charge in [-0.3, -0.25) is 9.59 Å². The lowest BCUT2D eigenvalue weighted by molar-refractivity contribution is -0.130. The van der Waals surface area contributed by atoms with Gasteiger partial charge in [0.2, 0.25) is 5.91 Å². The molecule has 8 heteroatoms. The third kappa shape index (κ3) is 7.25. The number of fused-ring (bicyclic) bond motifs is 1. The van der Waals surface area contributed by atoms with E-state index in [4.69, 9.17) is 9.47 Å². The van der Waals surface area contributed by atoms with Gasteiger partial charge in [-0.1, -0.05) is 42.5 Å². The van der Waals surface area contributed by atoms with E-state index in [-0.39, 0.29) is 11.8 Å². The number of hydrogen-bond acceptors (Lipinski definition) is 5. The molecular weight excluding hydrogens is 494 g/mol. The van der Waals surface area contributed by atoms with Gasteiger partial charge < -0.3 is 25.0 Å². The minimum absolute atomic E-state index is 0.118. The summed E-state index contributed by atoms with van der Waals surface area (Å²) in [5, 5.41) is 5.56. The number of carbonyl (C=O) groups excluding carboxylic acids is 3. The van der Waals surface area contributed by atoms with Crippen molar-refractivity contribution in [3.8, 4) is 11.5 Å². The Labute approximate surface area is 228 Å². The number of carbonyl (C=O) groups is 3. The molecule has 39 heavy (non-hydrogen) atoms. The summed E-state index contributed by atoms with van der Waals surface area (Å²) in [6.07, 6.45) is 1.52. The number of anilines is 1. The summed E-state index contributed by atoms with van der Waals surface area (Å²) in [6, 6.07) is 21.7. The van der Waals surface area contributed by atoms with Crippen LogP contribution in [0.3, 0.4) is 0 Å². The van der Waals surface area contributed by atoms with Gasteiger partial charge in [0.1, 0.15) is 23.1 Å². The van der Waals surface area contributed by atoms with Crippen LogP contribution in [0.25, 0.3) is 11.6 Å². The van der Waals surface area contributed by atoms with Crippen LogP contribution in [0.4, 0.5) is 10.5 Å². The summed E-state index contributed by atoms with van der Waals surface area (Å²) in [4.78, 5) is 38.8. The molecule has 3 aromatic carbocycles. The fourth-order valence-corrected chi connectivity index (χ4v) is 4.11. The lowest BCUT2D eigenvalue weighted by Crippen LogP contribution is -2.48. The van der Waals surface area contributed by atoms with Crippen molar-refractivity contribution in [1.82, 2.24) is 10.2 Å². The van der Waals surface area contributed by atoms with Crippen LogP contribution in [0.5, 0.6) is 11.5 Å². The van der Waals surface area contributed by atoms with E-state index < -0.39 is 17.7 Å². The zero-order valence-electron chi connectivity index (χ0n) is 22.8.